The lowest BCUT2D eigenvalue weighted by Gasteiger charge is -2.08. The Kier molecular flexibility index (Phi) is 5.78. The molecule has 1 N–H and O–H groups in total. The molecule has 0 aliphatic carbocycles. The third-order valence-corrected chi connectivity index (χ3v) is 3.71. The van der Waals surface area contributed by atoms with Gasteiger partial charge in [0.2, 0.25) is 5.91 Å². The number of carbonyl (C=O) groups excluding carboxylic acids is 1. The van der Waals surface area contributed by atoms with Crippen LogP contribution >= 0.6 is 23.2 Å². The zero-order chi connectivity index (χ0) is 17.7. The van der Waals surface area contributed by atoms with E-state index in [9.17, 15) is 14.9 Å². The Morgan fingerprint density at radius 2 is 1.92 bits per heavy atom. The summed E-state index contributed by atoms with van der Waals surface area (Å²) in [7, 11) is 1.36. The Bertz CT molecular complexity index is 801. The van der Waals surface area contributed by atoms with Crippen molar-refractivity contribution in [2.24, 2.45) is 0 Å². The van der Waals surface area contributed by atoms with Gasteiger partial charge in [0, 0.05) is 27.8 Å². The average Bonchev–Trinajstić information content (AvgIpc) is 2.54. The van der Waals surface area contributed by atoms with Crippen LogP contribution in [0.3, 0.4) is 0 Å². The topological polar surface area (TPSA) is 81.5 Å². The van der Waals surface area contributed by atoms with Gasteiger partial charge in [-0.2, -0.15) is 0 Å². The first-order chi connectivity index (χ1) is 11.4. The van der Waals surface area contributed by atoms with Crippen molar-refractivity contribution >= 4 is 46.6 Å². The molecule has 24 heavy (non-hydrogen) atoms. The van der Waals surface area contributed by atoms with E-state index in [0.29, 0.717) is 21.3 Å². The number of anilines is 1. The molecule has 2 aromatic rings. The van der Waals surface area contributed by atoms with E-state index < -0.39 is 10.8 Å². The average molecular weight is 367 g/mol. The highest BCUT2D eigenvalue weighted by atomic mass is 35.5. The molecule has 0 spiro atoms. The number of ether oxygens (including phenoxy) is 1. The number of amides is 1. The number of methoxy groups -OCH3 is 1. The summed E-state index contributed by atoms with van der Waals surface area (Å²) < 4.78 is 5.05. The molecule has 0 atom stereocenters. The van der Waals surface area contributed by atoms with E-state index >= 15 is 0 Å². The van der Waals surface area contributed by atoms with Crippen LogP contribution in [0.25, 0.3) is 6.08 Å². The van der Waals surface area contributed by atoms with Gasteiger partial charge in [-0.05, 0) is 24.3 Å². The summed E-state index contributed by atoms with van der Waals surface area (Å²) in [5.41, 5.74) is 0.692. The quantitative estimate of drug-likeness (QED) is 0.477. The lowest BCUT2D eigenvalue weighted by atomic mass is 10.2. The Balaban J connectivity index is 2.18. The van der Waals surface area contributed by atoms with Crippen molar-refractivity contribution in [3.63, 3.8) is 0 Å². The molecular formula is C16H12Cl2N2O4. The molecule has 6 nitrogen and oxygen atoms in total. The summed E-state index contributed by atoms with van der Waals surface area (Å²) in [6.07, 6.45) is 2.74. The van der Waals surface area contributed by atoms with Crippen LogP contribution in [0.4, 0.5) is 11.4 Å². The summed E-state index contributed by atoms with van der Waals surface area (Å²) in [5, 5.41) is 14.2. The van der Waals surface area contributed by atoms with Crippen molar-refractivity contribution < 1.29 is 14.5 Å². The molecule has 0 aliphatic rings. The van der Waals surface area contributed by atoms with Gasteiger partial charge >= 0.3 is 0 Å². The molecule has 2 aromatic carbocycles. The fraction of sp³-hybridized carbons (Fsp3) is 0.0625. The van der Waals surface area contributed by atoms with Crippen LogP contribution in [-0.2, 0) is 4.79 Å². The molecule has 8 heteroatoms. The minimum atomic E-state index is -0.548. The fourth-order valence-electron chi connectivity index (χ4n) is 1.90. The van der Waals surface area contributed by atoms with Crippen molar-refractivity contribution in [2.75, 3.05) is 12.4 Å². The number of nitro benzene ring substituents is 1. The van der Waals surface area contributed by atoms with Crippen molar-refractivity contribution in [3.8, 4) is 5.75 Å². The Morgan fingerprint density at radius 1 is 1.25 bits per heavy atom. The highest BCUT2D eigenvalue weighted by molar-refractivity contribution is 6.37. The fourth-order valence-corrected chi connectivity index (χ4v) is 2.42. The maximum Gasteiger partial charge on any atom is 0.273 e. The number of benzene rings is 2. The van der Waals surface area contributed by atoms with Gasteiger partial charge in [0.1, 0.15) is 5.75 Å². The SMILES string of the molecule is COc1cc([N+](=O)[O-])ccc1NC(=O)C=Cc1c(Cl)cccc1Cl. The molecule has 0 aliphatic heterocycles. The molecule has 2 rings (SSSR count). The summed E-state index contributed by atoms with van der Waals surface area (Å²) in [5.74, 6) is -0.278. The second-order valence-corrected chi connectivity index (χ2v) is 5.41. The van der Waals surface area contributed by atoms with Crippen LogP contribution in [-0.4, -0.2) is 17.9 Å². The molecule has 0 saturated carbocycles. The normalized spacial score (nSPS) is 10.6. The minimum absolute atomic E-state index is 0.136. The number of carbonyl (C=O) groups is 1. The summed E-state index contributed by atoms with van der Waals surface area (Å²) in [4.78, 5) is 22.2. The van der Waals surface area contributed by atoms with Crippen molar-refractivity contribution in [3.05, 3.63) is 68.2 Å². The first kappa shape index (κ1) is 17.8. The summed E-state index contributed by atoms with van der Waals surface area (Å²) >= 11 is 12.0. The second kappa shape index (κ2) is 7.81. The Labute approximate surface area is 147 Å². The smallest absolute Gasteiger partial charge is 0.273 e. The number of halogens is 2. The maximum absolute atomic E-state index is 12.0. The predicted molar refractivity (Wildman–Crippen MR) is 93.8 cm³/mol. The second-order valence-electron chi connectivity index (χ2n) is 4.60. The molecule has 1 amide bonds. The predicted octanol–water partition coefficient (Wildman–Crippen LogP) is 4.56. The van der Waals surface area contributed by atoms with E-state index in [0.717, 1.165) is 0 Å². The van der Waals surface area contributed by atoms with Gasteiger partial charge in [-0.15, -0.1) is 0 Å². The number of hydrogen-bond donors (Lipinski definition) is 1. The van der Waals surface area contributed by atoms with Crippen LogP contribution in [0.1, 0.15) is 5.56 Å². The van der Waals surface area contributed by atoms with Gasteiger partial charge in [0.05, 0.1) is 23.8 Å². The first-order valence-corrected chi connectivity index (χ1v) is 7.43. The highest BCUT2D eigenvalue weighted by Gasteiger charge is 2.12. The number of nitrogens with one attached hydrogen (secondary N) is 1. The largest absolute Gasteiger partial charge is 0.494 e. The molecule has 0 heterocycles. The van der Waals surface area contributed by atoms with Crippen molar-refractivity contribution in [1.29, 1.82) is 0 Å². The van der Waals surface area contributed by atoms with Crippen LogP contribution in [0.15, 0.2) is 42.5 Å². The van der Waals surface area contributed by atoms with Crippen LogP contribution in [0.2, 0.25) is 10.0 Å². The molecule has 0 aromatic heterocycles. The van der Waals surface area contributed by atoms with Gasteiger partial charge in [-0.25, -0.2) is 0 Å². The zero-order valence-corrected chi connectivity index (χ0v) is 14.0. The first-order valence-electron chi connectivity index (χ1n) is 6.68. The Hall–Kier alpha value is -2.57. The summed E-state index contributed by atoms with van der Waals surface area (Å²) in [6, 6.07) is 8.90. The van der Waals surface area contributed by atoms with E-state index in [2.05, 4.69) is 5.32 Å². The summed E-state index contributed by atoms with van der Waals surface area (Å²) in [6.45, 7) is 0. The van der Waals surface area contributed by atoms with Crippen LogP contribution in [0.5, 0.6) is 5.75 Å². The van der Waals surface area contributed by atoms with Crippen molar-refractivity contribution in [2.45, 2.75) is 0 Å². The van der Waals surface area contributed by atoms with E-state index in [-0.39, 0.29) is 11.4 Å². The molecule has 0 bridgehead atoms. The Morgan fingerprint density at radius 3 is 2.50 bits per heavy atom. The maximum atomic E-state index is 12.0. The van der Waals surface area contributed by atoms with Gasteiger partial charge in [0.15, 0.2) is 0 Å². The minimum Gasteiger partial charge on any atom is -0.494 e. The molecule has 0 fully saturated rings. The van der Waals surface area contributed by atoms with Gasteiger partial charge in [0.25, 0.3) is 5.69 Å². The molecule has 0 radical (unpaired) electrons. The third kappa shape index (κ3) is 4.24. The molecule has 0 unspecified atom stereocenters. The van der Waals surface area contributed by atoms with E-state index in [1.165, 1.54) is 37.5 Å². The van der Waals surface area contributed by atoms with Gasteiger partial charge < -0.3 is 10.1 Å². The van der Waals surface area contributed by atoms with Gasteiger partial charge in [-0.3, -0.25) is 14.9 Å². The number of hydrogen-bond acceptors (Lipinski definition) is 4. The zero-order valence-electron chi connectivity index (χ0n) is 12.5. The van der Waals surface area contributed by atoms with Crippen molar-refractivity contribution in [1.82, 2.24) is 0 Å². The number of non-ortho nitro benzene ring substituents is 1. The molecule has 0 saturated heterocycles. The highest BCUT2D eigenvalue weighted by Crippen LogP contribution is 2.29. The lowest BCUT2D eigenvalue weighted by molar-refractivity contribution is -0.384. The monoisotopic (exact) mass is 366 g/mol. The molecular weight excluding hydrogens is 355 g/mol. The standard InChI is InChI=1S/C16H12Cl2N2O4/c1-24-15-9-10(20(22)23)5-7-14(15)19-16(21)8-6-11-12(17)3-2-4-13(11)18/h2-9H,1H3,(H,19,21). The lowest BCUT2D eigenvalue weighted by Crippen LogP contribution is -2.09. The van der Waals surface area contributed by atoms with Gasteiger partial charge in [-0.1, -0.05) is 29.3 Å². The van der Waals surface area contributed by atoms with Crippen LogP contribution < -0.4 is 10.1 Å². The van der Waals surface area contributed by atoms with E-state index in [1.807, 2.05) is 0 Å². The van der Waals surface area contributed by atoms with Crippen LogP contribution in [0, 0.1) is 10.1 Å². The number of rotatable bonds is 5. The molecule has 124 valence electrons. The third-order valence-electron chi connectivity index (χ3n) is 3.05. The number of nitro groups is 1. The van der Waals surface area contributed by atoms with E-state index in [1.54, 1.807) is 18.2 Å². The number of nitrogens with zero attached hydrogens (tertiary/aromatic N) is 1. The van der Waals surface area contributed by atoms with E-state index in [4.69, 9.17) is 27.9 Å².